The molecule has 0 aromatic heterocycles. The second-order valence-corrected chi connectivity index (χ2v) is 8.68. The Kier molecular flexibility index (Phi) is 6.30. The van der Waals surface area contributed by atoms with Gasteiger partial charge in [-0.25, -0.2) is 8.42 Å². The van der Waals surface area contributed by atoms with Gasteiger partial charge in [-0.15, -0.1) is 0 Å². The van der Waals surface area contributed by atoms with Crippen molar-refractivity contribution in [3.63, 3.8) is 0 Å². The Labute approximate surface area is 171 Å². The van der Waals surface area contributed by atoms with Gasteiger partial charge in [-0.05, 0) is 42.7 Å². The topological polar surface area (TPSA) is 110 Å². The fourth-order valence-electron chi connectivity index (χ4n) is 3.16. The molecule has 30 heavy (non-hydrogen) atoms. The number of benzene rings is 2. The molecule has 0 radical (unpaired) electrons. The van der Waals surface area contributed by atoms with Crippen molar-refractivity contribution >= 4 is 32.8 Å². The summed E-state index contributed by atoms with van der Waals surface area (Å²) in [5, 5.41) is 14.1. The van der Waals surface area contributed by atoms with E-state index in [9.17, 15) is 32.1 Å². The van der Waals surface area contributed by atoms with Gasteiger partial charge in [-0.1, -0.05) is 12.1 Å². The number of carbonyl (C=O) groups excluding carboxylic acids is 1. The maximum absolute atomic E-state index is 12.7. The van der Waals surface area contributed by atoms with Crippen LogP contribution in [0.25, 0.3) is 0 Å². The third-order valence-electron chi connectivity index (χ3n) is 4.78. The second-order valence-electron chi connectivity index (χ2n) is 6.76. The molecule has 8 nitrogen and oxygen atoms in total. The minimum Gasteiger partial charge on any atom is -0.375 e. The Morgan fingerprint density at radius 2 is 1.83 bits per heavy atom. The van der Waals surface area contributed by atoms with Crippen LogP contribution < -0.4 is 10.2 Å². The summed E-state index contributed by atoms with van der Waals surface area (Å²) in [6, 6.07) is 9.72. The summed E-state index contributed by atoms with van der Waals surface area (Å²) in [6.45, 7) is 0.840. The van der Waals surface area contributed by atoms with Crippen LogP contribution in [0, 0.1) is 10.1 Å². The first kappa shape index (κ1) is 21.6. The van der Waals surface area contributed by atoms with Crippen LogP contribution in [0.5, 0.6) is 0 Å². The van der Waals surface area contributed by atoms with Gasteiger partial charge in [0.05, 0.1) is 9.82 Å². The van der Waals surface area contributed by atoms with E-state index < -0.39 is 31.1 Å². The summed E-state index contributed by atoms with van der Waals surface area (Å²) >= 11 is 0. The largest absolute Gasteiger partial charge is 0.375 e. The van der Waals surface area contributed by atoms with Gasteiger partial charge in [0, 0.05) is 31.3 Å². The molecule has 1 heterocycles. The summed E-state index contributed by atoms with van der Waals surface area (Å²) in [5.41, 5.74) is 0.925. The highest BCUT2D eigenvalue weighted by Gasteiger charge is 2.29. The van der Waals surface area contributed by atoms with E-state index in [2.05, 4.69) is 5.32 Å². The average Bonchev–Trinajstić information content (AvgIpc) is 2.72. The Balaban J connectivity index is 1.75. The number of sulfone groups is 1. The highest BCUT2D eigenvalue weighted by atomic mass is 32.2. The van der Waals surface area contributed by atoms with Gasteiger partial charge in [0.15, 0.2) is 0 Å². The van der Waals surface area contributed by atoms with Gasteiger partial charge in [-0.3, -0.25) is 14.9 Å². The summed E-state index contributed by atoms with van der Waals surface area (Å²) in [5.74, 6) is -3.59. The number of nitro benzene ring substituents is 1. The Morgan fingerprint density at radius 3 is 2.43 bits per heavy atom. The van der Waals surface area contributed by atoms with Crippen LogP contribution in [0.2, 0.25) is 0 Å². The van der Waals surface area contributed by atoms with Crippen LogP contribution in [0.4, 0.5) is 25.8 Å². The molecule has 1 aliphatic rings. The average molecular weight is 439 g/mol. The number of alkyl halides is 2. The number of nitro groups is 1. The molecule has 1 amide bonds. The number of hydrogen-bond donors (Lipinski definition) is 1. The number of amides is 1. The van der Waals surface area contributed by atoms with Crippen LogP contribution >= 0.6 is 0 Å². The molecule has 0 saturated carbocycles. The number of rotatable bonds is 7. The summed E-state index contributed by atoms with van der Waals surface area (Å²) < 4.78 is 48.5. The highest BCUT2D eigenvalue weighted by Crippen LogP contribution is 2.30. The molecule has 0 spiro atoms. The molecular weight excluding hydrogens is 420 g/mol. The fourth-order valence-corrected chi connectivity index (χ4v) is 3.90. The first-order chi connectivity index (χ1) is 14.2. The molecule has 11 heteroatoms. The standard InChI is InChI=1S/C19H19F2N3O5S/c20-19(21)30(28,29)15-8-9-16(17(11-15)24(26)27)22-12-13-4-6-14(7-5-13)23-10-2-1-3-18(23)25/h4-9,11,19,22H,1-3,10,12H2. The minimum atomic E-state index is -4.93. The monoisotopic (exact) mass is 439 g/mol. The molecule has 1 saturated heterocycles. The zero-order chi connectivity index (χ0) is 21.9. The molecule has 1 aliphatic heterocycles. The van der Waals surface area contributed by atoms with Gasteiger partial charge in [-0.2, -0.15) is 8.78 Å². The predicted molar refractivity (Wildman–Crippen MR) is 106 cm³/mol. The first-order valence-corrected chi connectivity index (χ1v) is 10.7. The highest BCUT2D eigenvalue weighted by molar-refractivity contribution is 7.91. The first-order valence-electron chi connectivity index (χ1n) is 9.14. The van der Waals surface area contributed by atoms with E-state index in [1.807, 2.05) is 0 Å². The maximum Gasteiger partial charge on any atom is 0.341 e. The van der Waals surface area contributed by atoms with Crippen molar-refractivity contribution < 1.29 is 26.9 Å². The molecule has 0 atom stereocenters. The van der Waals surface area contributed by atoms with Crippen LogP contribution in [0.3, 0.4) is 0 Å². The third kappa shape index (κ3) is 4.56. The quantitative estimate of drug-likeness (QED) is 0.520. The van der Waals surface area contributed by atoms with E-state index in [1.165, 1.54) is 0 Å². The SMILES string of the molecule is O=C1CCCCN1c1ccc(CNc2ccc(S(=O)(=O)C(F)F)cc2[N+](=O)[O-])cc1. The van der Waals surface area contributed by atoms with Crippen molar-refractivity contribution in [3.8, 4) is 0 Å². The number of anilines is 2. The van der Waals surface area contributed by atoms with Crippen LogP contribution in [-0.4, -0.2) is 31.6 Å². The molecule has 0 aliphatic carbocycles. The molecule has 160 valence electrons. The normalized spacial score (nSPS) is 14.8. The van der Waals surface area contributed by atoms with Gasteiger partial charge >= 0.3 is 5.76 Å². The Bertz CT molecular complexity index is 1060. The molecule has 3 rings (SSSR count). The Morgan fingerprint density at radius 1 is 1.13 bits per heavy atom. The minimum absolute atomic E-state index is 0.00324. The zero-order valence-electron chi connectivity index (χ0n) is 15.8. The van der Waals surface area contributed by atoms with Crippen molar-refractivity contribution in [2.75, 3.05) is 16.8 Å². The summed E-state index contributed by atoms with van der Waals surface area (Å²) in [4.78, 5) is 23.3. The van der Waals surface area contributed by atoms with Gasteiger partial charge < -0.3 is 10.2 Å². The van der Waals surface area contributed by atoms with Crippen molar-refractivity contribution in [1.82, 2.24) is 0 Å². The zero-order valence-corrected chi connectivity index (χ0v) is 16.6. The lowest BCUT2D eigenvalue weighted by Gasteiger charge is -2.26. The van der Waals surface area contributed by atoms with E-state index >= 15 is 0 Å². The smallest absolute Gasteiger partial charge is 0.341 e. The molecule has 1 N–H and O–H groups in total. The van der Waals surface area contributed by atoms with E-state index in [-0.39, 0.29) is 18.1 Å². The van der Waals surface area contributed by atoms with Crippen LogP contribution in [0.1, 0.15) is 24.8 Å². The van der Waals surface area contributed by atoms with E-state index in [4.69, 9.17) is 0 Å². The molecule has 1 fully saturated rings. The number of hydrogen-bond acceptors (Lipinski definition) is 6. The van der Waals surface area contributed by atoms with Crippen molar-refractivity contribution in [2.45, 2.75) is 36.5 Å². The van der Waals surface area contributed by atoms with Crippen molar-refractivity contribution in [2.24, 2.45) is 0 Å². The van der Waals surface area contributed by atoms with Gasteiger partial charge in [0.2, 0.25) is 15.7 Å². The van der Waals surface area contributed by atoms with Gasteiger partial charge in [0.25, 0.3) is 5.69 Å². The summed E-state index contributed by atoms with van der Waals surface area (Å²) in [7, 11) is -4.93. The summed E-state index contributed by atoms with van der Waals surface area (Å²) in [6.07, 6.45) is 2.34. The molecule has 2 aromatic rings. The van der Waals surface area contributed by atoms with E-state index in [1.54, 1.807) is 29.2 Å². The number of nitrogens with zero attached hydrogens (tertiary/aromatic N) is 2. The van der Waals surface area contributed by atoms with E-state index in [0.717, 1.165) is 36.2 Å². The van der Waals surface area contributed by atoms with E-state index in [0.29, 0.717) is 19.0 Å². The number of halogens is 2. The number of carbonyl (C=O) groups is 1. The third-order valence-corrected chi connectivity index (χ3v) is 6.16. The van der Waals surface area contributed by atoms with Crippen LogP contribution in [0.15, 0.2) is 47.4 Å². The maximum atomic E-state index is 12.7. The lowest BCUT2D eigenvalue weighted by molar-refractivity contribution is -0.384. The van der Waals surface area contributed by atoms with Crippen molar-refractivity contribution in [1.29, 1.82) is 0 Å². The second kappa shape index (κ2) is 8.74. The molecule has 0 bridgehead atoms. The molecule has 0 unspecified atom stereocenters. The lowest BCUT2D eigenvalue weighted by Crippen LogP contribution is -2.35. The lowest BCUT2D eigenvalue weighted by atomic mass is 10.1. The number of nitrogens with one attached hydrogen (secondary N) is 1. The van der Waals surface area contributed by atoms with Crippen molar-refractivity contribution in [3.05, 3.63) is 58.1 Å². The molecular formula is C19H19F2N3O5S. The predicted octanol–water partition coefficient (Wildman–Crippen LogP) is 3.72. The van der Waals surface area contributed by atoms with Crippen LogP contribution in [-0.2, 0) is 21.2 Å². The van der Waals surface area contributed by atoms with Gasteiger partial charge in [0.1, 0.15) is 5.69 Å². The molecule has 2 aromatic carbocycles. The Hall–Kier alpha value is -3.08. The number of piperidine rings is 1. The fraction of sp³-hybridized carbons (Fsp3) is 0.316.